The Labute approximate surface area is 156 Å². The molecule has 0 spiro atoms. The third-order valence-electron chi connectivity index (χ3n) is 4.51. The number of rotatable bonds is 7. The molecule has 2 aromatic rings. The fourth-order valence-electron chi connectivity index (χ4n) is 2.82. The summed E-state index contributed by atoms with van der Waals surface area (Å²) in [6.07, 6.45) is 0.442. The summed E-state index contributed by atoms with van der Waals surface area (Å²) >= 11 is 0. The highest BCUT2D eigenvalue weighted by molar-refractivity contribution is 6.35. The molecule has 1 atom stereocenters. The molecule has 3 rings (SSSR count). The molecule has 1 unspecified atom stereocenters. The minimum absolute atomic E-state index is 0.0588. The van der Waals surface area contributed by atoms with Gasteiger partial charge in [0.2, 0.25) is 0 Å². The molecule has 1 aliphatic heterocycles. The number of esters is 1. The number of ether oxygens (including phenoxy) is 2. The molecule has 7 heteroatoms. The predicted molar refractivity (Wildman–Crippen MR) is 96.4 cm³/mol. The van der Waals surface area contributed by atoms with E-state index in [9.17, 15) is 14.4 Å². The van der Waals surface area contributed by atoms with Crippen LogP contribution in [0.25, 0.3) is 0 Å². The number of hydrogen-bond acceptors (Lipinski definition) is 5. The van der Waals surface area contributed by atoms with Gasteiger partial charge in [-0.05, 0) is 42.2 Å². The van der Waals surface area contributed by atoms with Crippen molar-refractivity contribution in [3.8, 4) is 5.75 Å². The smallest absolute Gasteiger partial charge is 0.399 e. The molecular weight excluding hydrogens is 348 g/mol. The van der Waals surface area contributed by atoms with Gasteiger partial charge in [-0.2, -0.15) is 0 Å². The van der Waals surface area contributed by atoms with Gasteiger partial charge in [-0.25, -0.2) is 4.79 Å². The van der Waals surface area contributed by atoms with E-state index in [1.807, 2.05) is 55.5 Å². The Morgan fingerprint density at radius 2 is 1.85 bits per heavy atom. The Morgan fingerprint density at radius 1 is 1.15 bits per heavy atom. The van der Waals surface area contributed by atoms with Crippen molar-refractivity contribution in [3.05, 3.63) is 65.2 Å². The average molecular weight is 368 g/mol. The van der Waals surface area contributed by atoms with Crippen LogP contribution in [-0.2, 0) is 32.1 Å². The predicted octanol–water partition coefficient (Wildman–Crippen LogP) is 1.36. The van der Waals surface area contributed by atoms with Gasteiger partial charge in [0.15, 0.2) is 0 Å². The van der Waals surface area contributed by atoms with E-state index in [0.29, 0.717) is 18.8 Å². The van der Waals surface area contributed by atoms with Crippen molar-refractivity contribution < 1.29 is 23.9 Å². The van der Waals surface area contributed by atoms with Crippen LogP contribution >= 0.6 is 0 Å². The number of benzene rings is 2. The zero-order chi connectivity index (χ0) is 19.4. The lowest BCUT2D eigenvalue weighted by molar-refractivity contribution is -0.160. The van der Waals surface area contributed by atoms with Gasteiger partial charge in [0.25, 0.3) is 11.6 Å². The van der Waals surface area contributed by atoms with Gasteiger partial charge in [-0.1, -0.05) is 36.4 Å². The molecule has 1 saturated heterocycles. The lowest BCUT2D eigenvalue weighted by Crippen LogP contribution is -2.54. The van der Waals surface area contributed by atoms with E-state index in [2.05, 4.69) is 5.32 Å². The van der Waals surface area contributed by atoms with E-state index >= 15 is 0 Å². The van der Waals surface area contributed by atoms with Crippen LogP contribution in [0, 0.1) is 6.92 Å². The van der Waals surface area contributed by atoms with Crippen molar-refractivity contribution in [1.82, 2.24) is 5.32 Å². The molecule has 2 aromatic carbocycles. The summed E-state index contributed by atoms with van der Waals surface area (Å²) in [6.45, 7) is 2.50. The van der Waals surface area contributed by atoms with Crippen molar-refractivity contribution in [2.45, 2.75) is 32.1 Å². The minimum Gasteiger partial charge on any atom is -0.489 e. The highest BCUT2D eigenvalue weighted by atomic mass is 16.6. The molecule has 1 aliphatic rings. The van der Waals surface area contributed by atoms with Crippen LogP contribution in [0.5, 0.6) is 5.75 Å². The van der Waals surface area contributed by atoms with Crippen molar-refractivity contribution >= 4 is 17.8 Å². The number of primary amides is 1. The maximum Gasteiger partial charge on any atom is 0.399 e. The van der Waals surface area contributed by atoms with Gasteiger partial charge in [0, 0.05) is 6.42 Å². The monoisotopic (exact) mass is 368 g/mol. The normalized spacial score (nSPS) is 18.7. The van der Waals surface area contributed by atoms with Gasteiger partial charge < -0.3 is 20.5 Å². The van der Waals surface area contributed by atoms with Gasteiger partial charge in [-0.3, -0.25) is 9.59 Å². The number of hydrogen-bond donors (Lipinski definition) is 2. The zero-order valence-corrected chi connectivity index (χ0v) is 14.9. The first-order valence-electron chi connectivity index (χ1n) is 8.51. The SMILES string of the molecule is Cc1ccccc1COc1ccc(CCC2(C(N)=O)NC(=O)C(=O)O2)cc1. The molecule has 1 fully saturated rings. The second-order valence-electron chi connectivity index (χ2n) is 6.39. The van der Waals surface area contributed by atoms with Crippen molar-refractivity contribution in [3.63, 3.8) is 0 Å². The first kappa shape index (κ1) is 18.4. The molecule has 0 bridgehead atoms. The number of aryl methyl sites for hydroxylation is 2. The maximum atomic E-state index is 11.6. The topological polar surface area (TPSA) is 108 Å². The van der Waals surface area contributed by atoms with Crippen LogP contribution in [0.2, 0.25) is 0 Å². The molecule has 2 amide bonds. The van der Waals surface area contributed by atoms with Gasteiger partial charge in [-0.15, -0.1) is 0 Å². The molecule has 27 heavy (non-hydrogen) atoms. The minimum atomic E-state index is -1.78. The molecule has 1 heterocycles. The summed E-state index contributed by atoms with van der Waals surface area (Å²) in [4.78, 5) is 34.3. The number of nitrogens with one attached hydrogen (secondary N) is 1. The Bertz CT molecular complexity index is 860. The fourth-order valence-corrected chi connectivity index (χ4v) is 2.82. The largest absolute Gasteiger partial charge is 0.489 e. The van der Waals surface area contributed by atoms with Crippen molar-refractivity contribution in [2.24, 2.45) is 5.73 Å². The Morgan fingerprint density at radius 3 is 2.44 bits per heavy atom. The average Bonchev–Trinajstić information content (AvgIpc) is 2.95. The highest BCUT2D eigenvalue weighted by Gasteiger charge is 2.50. The second kappa shape index (κ2) is 7.49. The van der Waals surface area contributed by atoms with Crippen LogP contribution in [0.4, 0.5) is 0 Å². The maximum absolute atomic E-state index is 11.6. The number of carbonyl (C=O) groups excluding carboxylic acids is 3. The van der Waals surface area contributed by atoms with Crippen molar-refractivity contribution in [1.29, 1.82) is 0 Å². The Kier molecular flexibility index (Phi) is 5.12. The highest BCUT2D eigenvalue weighted by Crippen LogP contribution is 2.22. The lowest BCUT2D eigenvalue weighted by atomic mass is 10.0. The molecular formula is C20H20N2O5. The van der Waals surface area contributed by atoms with Gasteiger partial charge in [0.05, 0.1) is 0 Å². The lowest BCUT2D eigenvalue weighted by Gasteiger charge is -2.23. The summed E-state index contributed by atoms with van der Waals surface area (Å²) in [5.74, 6) is -2.25. The van der Waals surface area contributed by atoms with E-state index in [1.165, 1.54) is 5.56 Å². The van der Waals surface area contributed by atoms with E-state index in [4.69, 9.17) is 15.2 Å². The standard InChI is InChI=1S/C20H20N2O5/c1-13-4-2-3-5-15(13)12-26-16-8-6-14(7-9-16)10-11-20(19(21)25)22-17(23)18(24)27-20/h2-9H,10-12H2,1H3,(H2,21,25)(H,22,23). The number of nitrogens with two attached hydrogens (primary N) is 1. The van der Waals surface area contributed by atoms with Gasteiger partial charge >= 0.3 is 11.9 Å². The number of carbonyl (C=O) groups is 3. The van der Waals surface area contributed by atoms with Crippen LogP contribution in [0.1, 0.15) is 23.1 Å². The third kappa shape index (κ3) is 4.08. The molecule has 0 saturated carbocycles. The van der Waals surface area contributed by atoms with E-state index in [1.54, 1.807) is 0 Å². The van der Waals surface area contributed by atoms with Crippen LogP contribution in [0.15, 0.2) is 48.5 Å². The molecule has 3 N–H and O–H groups in total. The van der Waals surface area contributed by atoms with E-state index in [0.717, 1.165) is 11.1 Å². The molecule has 0 aromatic heterocycles. The second-order valence-corrected chi connectivity index (χ2v) is 6.39. The summed E-state index contributed by atoms with van der Waals surface area (Å²) in [5, 5.41) is 2.23. The number of cyclic esters (lactones) is 1. The molecule has 140 valence electrons. The summed E-state index contributed by atoms with van der Waals surface area (Å²) in [6, 6.07) is 15.3. The molecule has 7 nitrogen and oxygen atoms in total. The van der Waals surface area contributed by atoms with Crippen molar-refractivity contribution in [2.75, 3.05) is 0 Å². The Hall–Kier alpha value is -3.35. The molecule has 0 aliphatic carbocycles. The summed E-state index contributed by atoms with van der Waals surface area (Å²) < 4.78 is 10.7. The first-order valence-corrected chi connectivity index (χ1v) is 8.51. The van der Waals surface area contributed by atoms with E-state index in [-0.39, 0.29) is 6.42 Å². The molecule has 0 radical (unpaired) electrons. The summed E-state index contributed by atoms with van der Waals surface area (Å²) in [5.41, 5.74) is 6.68. The van der Waals surface area contributed by atoms with E-state index < -0.39 is 23.5 Å². The Balaban J connectivity index is 1.59. The van der Waals surface area contributed by atoms with Crippen LogP contribution < -0.4 is 15.8 Å². The van der Waals surface area contributed by atoms with Crippen LogP contribution in [-0.4, -0.2) is 23.5 Å². The summed E-state index contributed by atoms with van der Waals surface area (Å²) in [7, 11) is 0. The zero-order valence-electron chi connectivity index (χ0n) is 14.9. The first-order chi connectivity index (χ1) is 12.9. The number of amides is 2. The van der Waals surface area contributed by atoms with Gasteiger partial charge in [0.1, 0.15) is 12.4 Å². The third-order valence-corrected chi connectivity index (χ3v) is 4.51. The fraction of sp³-hybridized carbons (Fsp3) is 0.250. The van der Waals surface area contributed by atoms with Crippen LogP contribution in [0.3, 0.4) is 0 Å². The quantitative estimate of drug-likeness (QED) is 0.567.